The normalized spacial score (nSPS) is 15.7. The van der Waals surface area contributed by atoms with Gasteiger partial charge >= 0.3 is 0 Å². The van der Waals surface area contributed by atoms with E-state index >= 15 is 0 Å². The number of nitrogens with zero attached hydrogens (tertiary/aromatic N) is 2. The lowest BCUT2D eigenvalue weighted by Gasteiger charge is -2.35. The summed E-state index contributed by atoms with van der Waals surface area (Å²) >= 11 is 0. The summed E-state index contributed by atoms with van der Waals surface area (Å²) in [5.41, 5.74) is 2.33. The molecule has 2 aromatic carbocycles. The molecule has 0 amide bonds. The Morgan fingerprint density at radius 3 is 2.19 bits per heavy atom. The van der Waals surface area contributed by atoms with Gasteiger partial charge in [-0.3, -0.25) is 0 Å². The third-order valence-electron chi connectivity index (χ3n) is 4.60. The first kappa shape index (κ1) is 18.5. The third kappa shape index (κ3) is 3.64. The molecule has 0 bridgehead atoms. The number of methoxy groups -OCH3 is 2. The summed E-state index contributed by atoms with van der Waals surface area (Å²) in [6.07, 6.45) is 0. The topological polar surface area (TPSA) is 59.1 Å². The summed E-state index contributed by atoms with van der Waals surface area (Å²) in [6, 6.07) is 13.0. The summed E-state index contributed by atoms with van der Waals surface area (Å²) in [6.45, 7) is 4.28. The molecule has 0 spiro atoms. The van der Waals surface area contributed by atoms with E-state index in [-0.39, 0.29) is 4.90 Å². The van der Waals surface area contributed by atoms with Crippen LogP contribution in [-0.2, 0) is 10.0 Å². The minimum atomic E-state index is -3.56. The van der Waals surface area contributed by atoms with Crippen molar-refractivity contribution in [3.05, 3.63) is 48.0 Å². The van der Waals surface area contributed by atoms with E-state index in [0.29, 0.717) is 37.7 Å². The van der Waals surface area contributed by atoms with Crippen LogP contribution in [0.1, 0.15) is 5.56 Å². The third-order valence-corrected chi connectivity index (χ3v) is 6.49. The van der Waals surface area contributed by atoms with Gasteiger partial charge < -0.3 is 14.4 Å². The first-order valence-electron chi connectivity index (χ1n) is 8.49. The summed E-state index contributed by atoms with van der Waals surface area (Å²) in [4.78, 5) is 2.44. The van der Waals surface area contributed by atoms with Crippen molar-refractivity contribution in [1.29, 1.82) is 0 Å². The first-order chi connectivity index (χ1) is 12.5. The van der Waals surface area contributed by atoms with E-state index in [1.165, 1.54) is 30.2 Å². The molecule has 3 rings (SSSR count). The zero-order chi connectivity index (χ0) is 18.7. The number of ether oxygens (including phenoxy) is 2. The Labute approximate surface area is 155 Å². The molecule has 7 heteroatoms. The Morgan fingerprint density at radius 1 is 0.885 bits per heavy atom. The molecule has 0 atom stereocenters. The van der Waals surface area contributed by atoms with Crippen LogP contribution in [0.3, 0.4) is 0 Å². The van der Waals surface area contributed by atoms with Gasteiger partial charge in [0, 0.05) is 37.9 Å². The SMILES string of the molecule is COc1ccc(S(=O)(=O)N2CCN(c3cccc(C)c3)CC2)cc1OC. The molecule has 1 heterocycles. The van der Waals surface area contributed by atoms with Crippen molar-refractivity contribution in [2.45, 2.75) is 11.8 Å². The van der Waals surface area contributed by atoms with Crippen LogP contribution >= 0.6 is 0 Å². The molecule has 1 aliphatic heterocycles. The fourth-order valence-electron chi connectivity index (χ4n) is 3.14. The molecule has 26 heavy (non-hydrogen) atoms. The van der Waals surface area contributed by atoms with E-state index in [2.05, 4.69) is 30.0 Å². The lowest BCUT2D eigenvalue weighted by molar-refractivity contribution is 0.353. The van der Waals surface area contributed by atoms with Crippen molar-refractivity contribution in [3.8, 4) is 11.5 Å². The van der Waals surface area contributed by atoms with Crippen LogP contribution < -0.4 is 14.4 Å². The molecule has 6 nitrogen and oxygen atoms in total. The molecule has 0 aromatic heterocycles. The second kappa shape index (κ2) is 7.55. The molecule has 1 fully saturated rings. The summed E-state index contributed by atoms with van der Waals surface area (Å²) < 4.78 is 37.9. The summed E-state index contributed by atoms with van der Waals surface area (Å²) in [5, 5.41) is 0. The van der Waals surface area contributed by atoms with E-state index in [4.69, 9.17) is 9.47 Å². The van der Waals surface area contributed by atoms with Gasteiger partial charge in [-0.2, -0.15) is 4.31 Å². The van der Waals surface area contributed by atoms with Crippen LogP contribution in [0.5, 0.6) is 11.5 Å². The van der Waals surface area contributed by atoms with E-state index in [1.54, 1.807) is 12.1 Å². The highest BCUT2D eigenvalue weighted by Crippen LogP contribution is 2.31. The quantitative estimate of drug-likeness (QED) is 0.803. The van der Waals surface area contributed by atoms with Crippen molar-refractivity contribution < 1.29 is 17.9 Å². The molecule has 0 aliphatic carbocycles. The van der Waals surface area contributed by atoms with Crippen LogP contribution in [0.4, 0.5) is 5.69 Å². The number of piperazine rings is 1. The van der Waals surface area contributed by atoms with Crippen LogP contribution in [-0.4, -0.2) is 53.1 Å². The highest BCUT2D eigenvalue weighted by atomic mass is 32.2. The van der Waals surface area contributed by atoms with E-state index in [9.17, 15) is 8.42 Å². The Kier molecular flexibility index (Phi) is 5.38. The number of hydrogen-bond acceptors (Lipinski definition) is 5. The minimum absolute atomic E-state index is 0.221. The number of benzene rings is 2. The van der Waals surface area contributed by atoms with Crippen LogP contribution in [0.25, 0.3) is 0 Å². The molecular formula is C19H24N2O4S. The second-order valence-corrected chi connectivity index (χ2v) is 8.18. The molecule has 0 saturated carbocycles. The molecule has 2 aromatic rings. The fraction of sp³-hybridized carbons (Fsp3) is 0.368. The number of aryl methyl sites for hydroxylation is 1. The second-order valence-electron chi connectivity index (χ2n) is 6.25. The van der Waals surface area contributed by atoms with Gasteiger partial charge in [0.1, 0.15) is 0 Å². The van der Waals surface area contributed by atoms with Gasteiger partial charge in [-0.25, -0.2) is 8.42 Å². The summed E-state index contributed by atoms with van der Waals surface area (Å²) in [5.74, 6) is 0.919. The monoisotopic (exact) mass is 376 g/mol. The maximum atomic E-state index is 13.0. The van der Waals surface area contributed by atoms with Crippen LogP contribution in [0.2, 0.25) is 0 Å². The van der Waals surface area contributed by atoms with Crippen molar-refractivity contribution in [3.63, 3.8) is 0 Å². The van der Waals surface area contributed by atoms with Gasteiger partial charge in [-0.15, -0.1) is 0 Å². The zero-order valence-electron chi connectivity index (χ0n) is 15.3. The van der Waals surface area contributed by atoms with Gasteiger partial charge in [0.2, 0.25) is 10.0 Å². The molecule has 1 aliphatic rings. The van der Waals surface area contributed by atoms with Crippen molar-refractivity contribution in [2.75, 3.05) is 45.3 Å². The van der Waals surface area contributed by atoms with E-state index in [1.807, 2.05) is 6.07 Å². The predicted molar refractivity (Wildman–Crippen MR) is 102 cm³/mol. The average molecular weight is 376 g/mol. The molecule has 0 radical (unpaired) electrons. The van der Waals surface area contributed by atoms with E-state index in [0.717, 1.165) is 5.69 Å². The Bertz CT molecular complexity index is 875. The summed E-state index contributed by atoms with van der Waals surface area (Å²) in [7, 11) is -0.543. The number of hydrogen-bond donors (Lipinski definition) is 0. The standard InChI is InChI=1S/C19H24N2O4S/c1-15-5-4-6-16(13-15)20-9-11-21(12-10-20)26(22,23)17-7-8-18(24-2)19(14-17)25-3/h4-8,13-14H,9-12H2,1-3H3. The smallest absolute Gasteiger partial charge is 0.243 e. The molecule has 0 N–H and O–H groups in total. The van der Waals surface area contributed by atoms with Gasteiger partial charge in [-0.05, 0) is 36.8 Å². The lowest BCUT2D eigenvalue weighted by Crippen LogP contribution is -2.48. The predicted octanol–water partition coefficient (Wildman–Crippen LogP) is 2.52. The number of anilines is 1. The number of rotatable bonds is 5. The molecular weight excluding hydrogens is 352 g/mol. The first-order valence-corrected chi connectivity index (χ1v) is 9.93. The average Bonchev–Trinajstić information content (AvgIpc) is 2.67. The molecule has 0 unspecified atom stereocenters. The van der Waals surface area contributed by atoms with Gasteiger partial charge in [-0.1, -0.05) is 12.1 Å². The number of sulfonamides is 1. The van der Waals surface area contributed by atoms with Crippen LogP contribution in [0.15, 0.2) is 47.4 Å². The fourth-order valence-corrected chi connectivity index (χ4v) is 4.58. The Balaban J connectivity index is 1.76. The Hall–Kier alpha value is -2.25. The van der Waals surface area contributed by atoms with Gasteiger partial charge in [0.25, 0.3) is 0 Å². The van der Waals surface area contributed by atoms with E-state index < -0.39 is 10.0 Å². The van der Waals surface area contributed by atoms with Gasteiger partial charge in [0.15, 0.2) is 11.5 Å². The van der Waals surface area contributed by atoms with Gasteiger partial charge in [0.05, 0.1) is 19.1 Å². The highest BCUT2D eigenvalue weighted by molar-refractivity contribution is 7.89. The maximum absolute atomic E-state index is 13.0. The Morgan fingerprint density at radius 2 is 1.58 bits per heavy atom. The minimum Gasteiger partial charge on any atom is -0.493 e. The van der Waals surface area contributed by atoms with Crippen molar-refractivity contribution >= 4 is 15.7 Å². The van der Waals surface area contributed by atoms with Crippen LogP contribution in [0, 0.1) is 6.92 Å². The maximum Gasteiger partial charge on any atom is 0.243 e. The highest BCUT2D eigenvalue weighted by Gasteiger charge is 2.29. The molecule has 140 valence electrons. The zero-order valence-corrected chi connectivity index (χ0v) is 16.1. The van der Waals surface area contributed by atoms with Crippen molar-refractivity contribution in [1.82, 2.24) is 4.31 Å². The van der Waals surface area contributed by atoms with Crippen molar-refractivity contribution in [2.24, 2.45) is 0 Å². The largest absolute Gasteiger partial charge is 0.493 e. The molecule has 1 saturated heterocycles. The lowest BCUT2D eigenvalue weighted by atomic mass is 10.2.